The van der Waals surface area contributed by atoms with Gasteiger partial charge in [-0.3, -0.25) is 0 Å². The molecule has 112 valence electrons. The van der Waals surface area contributed by atoms with Crippen molar-refractivity contribution in [3.8, 4) is 0 Å². The van der Waals surface area contributed by atoms with Gasteiger partial charge in [0.05, 0.1) is 11.6 Å². The van der Waals surface area contributed by atoms with E-state index in [1.807, 2.05) is 0 Å². The van der Waals surface area contributed by atoms with Crippen LogP contribution in [0.1, 0.15) is 22.7 Å². The SMILES string of the molecule is CNC(c1ccc(C(F)(F)F)cc1)c1c(F)cccc1Br. The Labute approximate surface area is 128 Å². The first-order valence-electron chi connectivity index (χ1n) is 6.13. The number of halogens is 5. The summed E-state index contributed by atoms with van der Waals surface area (Å²) < 4.78 is 52.3. The maximum Gasteiger partial charge on any atom is 0.416 e. The van der Waals surface area contributed by atoms with Crippen LogP contribution in [0.25, 0.3) is 0 Å². The highest BCUT2D eigenvalue weighted by Crippen LogP contribution is 2.33. The fourth-order valence-electron chi connectivity index (χ4n) is 2.13. The van der Waals surface area contributed by atoms with Gasteiger partial charge in [0, 0.05) is 10.0 Å². The van der Waals surface area contributed by atoms with Gasteiger partial charge in [0.1, 0.15) is 5.82 Å². The quantitative estimate of drug-likeness (QED) is 0.765. The number of nitrogens with one attached hydrogen (secondary N) is 1. The van der Waals surface area contributed by atoms with Gasteiger partial charge in [-0.2, -0.15) is 13.2 Å². The lowest BCUT2D eigenvalue weighted by atomic mass is 9.97. The molecule has 2 aromatic carbocycles. The van der Waals surface area contributed by atoms with Gasteiger partial charge in [0.2, 0.25) is 0 Å². The van der Waals surface area contributed by atoms with E-state index in [1.165, 1.54) is 18.2 Å². The maximum absolute atomic E-state index is 14.0. The average Bonchev–Trinajstić information content (AvgIpc) is 2.42. The van der Waals surface area contributed by atoms with Crippen molar-refractivity contribution < 1.29 is 17.6 Å². The molecule has 0 radical (unpaired) electrons. The molecule has 0 aliphatic heterocycles. The van der Waals surface area contributed by atoms with Crippen molar-refractivity contribution in [2.45, 2.75) is 12.2 Å². The van der Waals surface area contributed by atoms with Gasteiger partial charge in [-0.1, -0.05) is 34.1 Å². The summed E-state index contributed by atoms with van der Waals surface area (Å²) in [6.07, 6.45) is -4.38. The highest BCUT2D eigenvalue weighted by Gasteiger charge is 2.30. The molecular formula is C15H12BrF4N. The van der Waals surface area contributed by atoms with Crippen LogP contribution < -0.4 is 5.32 Å². The highest BCUT2D eigenvalue weighted by atomic mass is 79.9. The molecule has 2 rings (SSSR count). The second kappa shape index (κ2) is 6.15. The largest absolute Gasteiger partial charge is 0.416 e. The van der Waals surface area contributed by atoms with Gasteiger partial charge in [-0.15, -0.1) is 0 Å². The van der Waals surface area contributed by atoms with Gasteiger partial charge in [-0.05, 0) is 36.9 Å². The van der Waals surface area contributed by atoms with E-state index in [4.69, 9.17) is 0 Å². The third kappa shape index (κ3) is 3.44. The summed E-state index contributed by atoms with van der Waals surface area (Å²) in [5.41, 5.74) is 0.185. The summed E-state index contributed by atoms with van der Waals surface area (Å²) in [7, 11) is 1.63. The molecule has 1 atom stereocenters. The van der Waals surface area contributed by atoms with E-state index >= 15 is 0 Å². The molecule has 0 aliphatic rings. The molecule has 6 heteroatoms. The predicted octanol–water partition coefficient (Wildman–Crippen LogP) is 4.92. The number of rotatable bonds is 3. The number of hydrogen-bond acceptors (Lipinski definition) is 1. The molecule has 1 N–H and O–H groups in total. The summed E-state index contributed by atoms with van der Waals surface area (Å²) in [6, 6.07) is 8.71. The zero-order valence-electron chi connectivity index (χ0n) is 11.0. The molecule has 0 amide bonds. The fraction of sp³-hybridized carbons (Fsp3) is 0.200. The normalized spacial score (nSPS) is 13.2. The van der Waals surface area contributed by atoms with Crippen molar-refractivity contribution in [1.29, 1.82) is 0 Å². The molecule has 0 saturated carbocycles. The molecule has 0 fully saturated rings. The molecule has 21 heavy (non-hydrogen) atoms. The molecule has 0 saturated heterocycles. The van der Waals surface area contributed by atoms with E-state index in [9.17, 15) is 17.6 Å². The Hall–Kier alpha value is -1.40. The molecule has 0 aromatic heterocycles. The van der Waals surface area contributed by atoms with Gasteiger partial charge in [-0.25, -0.2) is 4.39 Å². The van der Waals surface area contributed by atoms with Crippen molar-refractivity contribution in [1.82, 2.24) is 5.32 Å². The standard InChI is InChI=1S/C15H12BrF4N/c1-21-14(13-11(16)3-2-4-12(13)17)9-5-7-10(8-6-9)15(18,19)20/h2-8,14,21H,1H3. The first-order valence-corrected chi connectivity index (χ1v) is 6.92. The summed E-state index contributed by atoms with van der Waals surface area (Å²) in [4.78, 5) is 0. The molecule has 1 nitrogen and oxygen atoms in total. The van der Waals surface area contributed by atoms with Crippen LogP contribution in [0, 0.1) is 5.82 Å². The van der Waals surface area contributed by atoms with E-state index < -0.39 is 23.6 Å². The van der Waals surface area contributed by atoms with E-state index in [0.29, 0.717) is 15.6 Å². The zero-order chi connectivity index (χ0) is 15.6. The first-order chi connectivity index (χ1) is 9.84. The Balaban J connectivity index is 2.43. The monoisotopic (exact) mass is 361 g/mol. The van der Waals surface area contributed by atoms with Crippen LogP contribution in [0.15, 0.2) is 46.9 Å². The van der Waals surface area contributed by atoms with Gasteiger partial charge < -0.3 is 5.32 Å². The van der Waals surface area contributed by atoms with Crippen LogP contribution in [0.4, 0.5) is 17.6 Å². The average molecular weight is 362 g/mol. The zero-order valence-corrected chi connectivity index (χ0v) is 12.6. The number of alkyl halides is 3. The Morgan fingerprint density at radius 3 is 2.14 bits per heavy atom. The first kappa shape index (κ1) is 16.0. The third-order valence-electron chi connectivity index (χ3n) is 3.15. The van der Waals surface area contributed by atoms with E-state index in [0.717, 1.165) is 12.1 Å². The summed E-state index contributed by atoms with van der Waals surface area (Å²) in [5.74, 6) is -0.427. The van der Waals surface area contributed by atoms with Crippen molar-refractivity contribution >= 4 is 15.9 Å². The molecular weight excluding hydrogens is 350 g/mol. The van der Waals surface area contributed by atoms with Crippen molar-refractivity contribution in [3.05, 3.63) is 69.4 Å². The van der Waals surface area contributed by atoms with Crippen LogP contribution >= 0.6 is 15.9 Å². The van der Waals surface area contributed by atoms with Crippen LogP contribution in [0.2, 0.25) is 0 Å². The molecule has 0 bridgehead atoms. The molecule has 2 aromatic rings. The second-order valence-corrected chi connectivity index (χ2v) is 5.33. The minimum Gasteiger partial charge on any atom is -0.309 e. The van der Waals surface area contributed by atoms with E-state index in [1.54, 1.807) is 19.2 Å². The van der Waals surface area contributed by atoms with Crippen LogP contribution in [-0.4, -0.2) is 7.05 Å². The smallest absolute Gasteiger partial charge is 0.309 e. The van der Waals surface area contributed by atoms with Crippen molar-refractivity contribution in [2.24, 2.45) is 0 Å². The van der Waals surface area contributed by atoms with Crippen LogP contribution in [0.3, 0.4) is 0 Å². The number of hydrogen-bond donors (Lipinski definition) is 1. The number of benzene rings is 2. The van der Waals surface area contributed by atoms with E-state index in [2.05, 4.69) is 21.2 Å². The molecule has 0 aliphatic carbocycles. The van der Waals surface area contributed by atoms with Crippen molar-refractivity contribution in [2.75, 3.05) is 7.05 Å². The minimum absolute atomic E-state index is 0.361. The summed E-state index contributed by atoms with van der Waals surface area (Å²) in [6.45, 7) is 0. The lowest BCUT2D eigenvalue weighted by Crippen LogP contribution is -2.19. The highest BCUT2D eigenvalue weighted by molar-refractivity contribution is 9.10. The van der Waals surface area contributed by atoms with Gasteiger partial charge >= 0.3 is 6.18 Å². The van der Waals surface area contributed by atoms with Crippen LogP contribution in [-0.2, 0) is 6.18 Å². The van der Waals surface area contributed by atoms with Gasteiger partial charge in [0.25, 0.3) is 0 Å². The lowest BCUT2D eigenvalue weighted by molar-refractivity contribution is -0.137. The predicted molar refractivity (Wildman–Crippen MR) is 76.4 cm³/mol. The fourth-order valence-corrected chi connectivity index (χ4v) is 2.70. The van der Waals surface area contributed by atoms with Crippen LogP contribution in [0.5, 0.6) is 0 Å². The minimum atomic E-state index is -4.38. The maximum atomic E-state index is 14.0. The second-order valence-electron chi connectivity index (χ2n) is 4.48. The molecule has 1 unspecified atom stereocenters. The Bertz CT molecular complexity index is 602. The summed E-state index contributed by atoms with van der Waals surface area (Å²) in [5, 5.41) is 2.92. The molecule has 0 spiro atoms. The lowest BCUT2D eigenvalue weighted by Gasteiger charge is -2.20. The van der Waals surface area contributed by atoms with Crippen molar-refractivity contribution in [3.63, 3.8) is 0 Å². The Morgan fingerprint density at radius 2 is 1.67 bits per heavy atom. The molecule has 0 heterocycles. The third-order valence-corrected chi connectivity index (χ3v) is 3.84. The Kier molecular flexibility index (Phi) is 4.68. The summed E-state index contributed by atoms with van der Waals surface area (Å²) >= 11 is 3.27. The Morgan fingerprint density at radius 1 is 1.05 bits per heavy atom. The van der Waals surface area contributed by atoms with E-state index in [-0.39, 0.29) is 0 Å². The topological polar surface area (TPSA) is 12.0 Å². The van der Waals surface area contributed by atoms with Gasteiger partial charge in [0.15, 0.2) is 0 Å².